The molecule has 1 amide bonds. The number of carbonyl (C=O) groups excluding carboxylic acids is 1. The lowest BCUT2D eigenvalue weighted by atomic mass is 9.93. The van der Waals surface area contributed by atoms with Crippen LogP contribution in [0.15, 0.2) is 42.7 Å². The normalized spacial score (nSPS) is 13.7. The Morgan fingerprint density at radius 1 is 1.16 bits per heavy atom. The van der Waals surface area contributed by atoms with E-state index >= 15 is 0 Å². The van der Waals surface area contributed by atoms with Crippen LogP contribution in [0.5, 0.6) is 11.5 Å². The van der Waals surface area contributed by atoms with Crippen molar-refractivity contribution in [3.05, 3.63) is 53.9 Å². The molecule has 0 radical (unpaired) electrons. The van der Waals surface area contributed by atoms with E-state index in [9.17, 15) is 4.79 Å². The molecular weight excluding hydrogens is 437 g/mol. The smallest absolute Gasteiger partial charge is 0.253 e. The maximum Gasteiger partial charge on any atom is 0.253 e. The molecule has 2 heterocycles. The zero-order valence-corrected chi connectivity index (χ0v) is 19.8. The average molecular weight is 470 g/mol. The van der Waals surface area contributed by atoms with Gasteiger partial charge in [0.05, 0.1) is 6.61 Å². The summed E-state index contributed by atoms with van der Waals surface area (Å²) in [7, 11) is 1.98. The zero-order valence-electron chi connectivity index (χ0n) is 18.2. The van der Waals surface area contributed by atoms with Gasteiger partial charge in [0.15, 0.2) is 11.5 Å². The van der Waals surface area contributed by atoms with Crippen LogP contribution in [0.2, 0.25) is 0 Å². The van der Waals surface area contributed by atoms with E-state index in [0.29, 0.717) is 36.2 Å². The van der Waals surface area contributed by atoms with Crippen LogP contribution in [0.3, 0.4) is 0 Å². The molecule has 0 spiro atoms. The molecule has 0 saturated carbocycles. The second-order valence-corrected chi connectivity index (χ2v) is 7.37. The van der Waals surface area contributed by atoms with Crippen LogP contribution in [0, 0.1) is 5.92 Å². The fraction of sp³-hybridized carbons (Fsp3) is 0.478. The van der Waals surface area contributed by atoms with Gasteiger partial charge in [0.1, 0.15) is 6.61 Å². The Balaban J connectivity index is 0.00000240. The minimum absolute atomic E-state index is 0. The molecule has 0 bridgehead atoms. The monoisotopic (exact) mass is 469 g/mol. The predicted octanol–water partition coefficient (Wildman–Crippen LogP) is 4.36. The maximum atomic E-state index is 13.0. The minimum Gasteiger partial charge on any atom is -0.490 e. The molecule has 172 valence electrons. The highest BCUT2D eigenvalue weighted by Crippen LogP contribution is 2.30. The molecule has 2 aromatic rings. The fourth-order valence-corrected chi connectivity index (χ4v) is 3.63. The first-order valence-corrected chi connectivity index (χ1v) is 10.4. The highest BCUT2D eigenvalue weighted by atomic mass is 35.5. The number of carbonyl (C=O) groups is 1. The summed E-state index contributed by atoms with van der Waals surface area (Å²) in [5.74, 6) is 2.01. The van der Waals surface area contributed by atoms with Gasteiger partial charge in [0.25, 0.3) is 5.91 Å². The molecule has 0 atom stereocenters. The third-order valence-corrected chi connectivity index (χ3v) is 5.31. The van der Waals surface area contributed by atoms with Crippen molar-refractivity contribution in [2.24, 2.45) is 5.92 Å². The van der Waals surface area contributed by atoms with Gasteiger partial charge >= 0.3 is 0 Å². The summed E-state index contributed by atoms with van der Waals surface area (Å²) < 4.78 is 11.7. The van der Waals surface area contributed by atoms with E-state index in [1.807, 2.05) is 43.1 Å². The number of pyridine rings is 1. The molecule has 31 heavy (non-hydrogen) atoms. The third-order valence-electron chi connectivity index (χ3n) is 5.31. The Labute approximate surface area is 197 Å². The molecule has 1 aromatic heterocycles. The number of rotatable bonds is 9. The summed E-state index contributed by atoms with van der Waals surface area (Å²) in [6.07, 6.45) is 6.82. The quantitative estimate of drug-likeness (QED) is 0.590. The van der Waals surface area contributed by atoms with Crippen LogP contribution >= 0.6 is 24.8 Å². The van der Waals surface area contributed by atoms with Crippen LogP contribution in [0.25, 0.3) is 0 Å². The van der Waals surface area contributed by atoms with Gasteiger partial charge in [-0.05, 0) is 70.0 Å². The van der Waals surface area contributed by atoms with Gasteiger partial charge < -0.3 is 19.7 Å². The standard InChI is InChI=1S/C23H31N3O3.2ClH/c1-3-28-22-15-20(6-7-21(22)29-17-19-5-4-11-25-16-19)23(27)26-13-9-18(10-14-26)8-12-24-2;;/h4-7,11,15-16,18,24H,3,8-10,12-14,17H2,1-2H3;2*1H. The van der Waals surface area contributed by atoms with Crippen LogP contribution in [-0.4, -0.2) is 49.1 Å². The van der Waals surface area contributed by atoms with Gasteiger partial charge in [-0.3, -0.25) is 9.78 Å². The molecule has 6 nitrogen and oxygen atoms in total. The number of piperidine rings is 1. The average Bonchev–Trinajstić information content (AvgIpc) is 2.77. The SMILES string of the molecule is CCOc1cc(C(=O)N2CCC(CCNC)CC2)ccc1OCc1cccnc1.Cl.Cl. The molecule has 1 aliphatic rings. The lowest BCUT2D eigenvalue weighted by Gasteiger charge is -2.32. The number of benzene rings is 1. The molecule has 1 aromatic carbocycles. The van der Waals surface area contributed by atoms with Crippen LogP contribution in [0.1, 0.15) is 42.1 Å². The Bertz CT molecular complexity index is 785. The number of halogens is 2. The minimum atomic E-state index is 0. The number of hydrogen-bond donors (Lipinski definition) is 1. The van der Waals surface area contributed by atoms with E-state index in [4.69, 9.17) is 9.47 Å². The van der Waals surface area contributed by atoms with Gasteiger partial charge in [0, 0.05) is 36.6 Å². The van der Waals surface area contributed by atoms with Crippen molar-refractivity contribution in [2.45, 2.75) is 32.8 Å². The predicted molar refractivity (Wildman–Crippen MR) is 128 cm³/mol. The summed E-state index contributed by atoms with van der Waals surface area (Å²) in [4.78, 5) is 19.0. The van der Waals surface area contributed by atoms with E-state index in [2.05, 4.69) is 10.3 Å². The van der Waals surface area contributed by atoms with E-state index < -0.39 is 0 Å². The molecule has 0 aliphatic carbocycles. The number of amides is 1. The molecule has 1 saturated heterocycles. The van der Waals surface area contributed by atoms with Crippen LogP contribution in [-0.2, 0) is 6.61 Å². The Kier molecular flexibility index (Phi) is 12.3. The van der Waals surface area contributed by atoms with Gasteiger partial charge in [-0.1, -0.05) is 6.07 Å². The number of ether oxygens (including phenoxy) is 2. The number of nitrogens with zero attached hydrogens (tertiary/aromatic N) is 2. The van der Waals surface area contributed by atoms with Crippen molar-refractivity contribution in [3.63, 3.8) is 0 Å². The number of likely N-dealkylation sites (tertiary alicyclic amines) is 1. The first-order valence-electron chi connectivity index (χ1n) is 10.4. The Morgan fingerprint density at radius 3 is 2.58 bits per heavy atom. The highest BCUT2D eigenvalue weighted by molar-refractivity contribution is 5.95. The number of nitrogens with one attached hydrogen (secondary N) is 1. The third kappa shape index (κ3) is 7.87. The van der Waals surface area contributed by atoms with Crippen molar-refractivity contribution in [1.29, 1.82) is 0 Å². The van der Waals surface area contributed by atoms with Crippen molar-refractivity contribution in [1.82, 2.24) is 15.2 Å². The first-order chi connectivity index (χ1) is 14.2. The van der Waals surface area contributed by atoms with Crippen LogP contribution < -0.4 is 14.8 Å². The van der Waals surface area contributed by atoms with E-state index in [0.717, 1.165) is 38.0 Å². The molecule has 0 unspecified atom stereocenters. The molecule has 1 aliphatic heterocycles. The summed E-state index contributed by atoms with van der Waals surface area (Å²) >= 11 is 0. The summed E-state index contributed by atoms with van der Waals surface area (Å²) in [6.45, 7) is 5.51. The number of aromatic nitrogens is 1. The van der Waals surface area contributed by atoms with Crippen molar-refractivity contribution < 1.29 is 14.3 Å². The van der Waals surface area contributed by atoms with E-state index in [-0.39, 0.29) is 30.7 Å². The Hall–Kier alpha value is -2.02. The molecule has 8 heteroatoms. The Morgan fingerprint density at radius 2 is 1.94 bits per heavy atom. The first kappa shape index (κ1) is 27.0. The van der Waals surface area contributed by atoms with E-state index in [1.165, 1.54) is 6.42 Å². The second-order valence-electron chi connectivity index (χ2n) is 7.37. The van der Waals surface area contributed by atoms with Gasteiger partial charge in [-0.2, -0.15) is 0 Å². The molecular formula is C23H33Cl2N3O3. The van der Waals surface area contributed by atoms with Gasteiger partial charge in [-0.25, -0.2) is 0 Å². The van der Waals surface area contributed by atoms with Crippen molar-refractivity contribution >= 4 is 30.7 Å². The lowest BCUT2D eigenvalue weighted by molar-refractivity contribution is 0.0686. The van der Waals surface area contributed by atoms with Gasteiger partial charge in [-0.15, -0.1) is 24.8 Å². The van der Waals surface area contributed by atoms with E-state index in [1.54, 1.807) is 18.5 Å². The van der Waals surface area contributed by atoms with Gasteiger partial charge in [0.2, 0.25) is 0 Å². The molecule has 1 N–H and O–H groups in total. The van der Waals surface area contributed by atoms with Crippen molar-refractivity contribution in [2.75, 3.05) is 33.3 Å². The van der Waals surface area contributed by atoms with Crippen LogP contribution in [0.4, 0.5) is 0 Å². The highest BCUT2D eigenvalue weighted by Gasteiger charge is 2.24. The lowest BCUT2D eigenvalue weighted by Crippen LogP contribution is -2.39. The summed E-state index contributed by atoms with van der Waals surface area (Å²) in [6, 6.07) is 9.31. The topological polar surface area (TPSA) is 63.7 Å². The largest absolute Gasteiger partial charge is 0.490 e. The maximum absolute atomic E-state index is 13.0. The fourth-order valence-electron chi connectivity index (χ4n) is 3.63. The van der Waals surface area contributed by atoms with Crippen molar-refractivity contribution in [3.8, 4) is 11.5 Å². The molecule has 3 rings (SSSR count). The molecule has 1 fully saturated rings. The second kappa shape index (κ2) is 14.1. The zero-order chi connectivity index (χ0) is 20.5. The number of hydrogen-bond acceptors (Lipinski definition) is 5. The summed E-state index contributed by atoms with van der Waals surface area (Å²) in [5.41, 5.74) is 1.63. The summed E-state index contributed by atoms with van der Waals surface area (Å²) in [5, 5.41) is 3.21.